The van der Waals surface area contributed by atoms with Crippen molar-refractivity contribution in [3.8, 4) is 0 Å². The Morgan fingerprint density at radius 3 is 2.80 bits per heavy atom. The molecule has 1 aromatic heterocycles. The molecule has 1 aliphatic heterocycles. The number of benzene rings is 2. The first-order valence-electron chi connectivity index (χ1n) is 7.89. The number of hydrogen-bond acceptors (Lipinski definition) is 2. The molecule has 1 N–H and O–H groups in total. The van der Waals surface area contributed by atoms with Crippen LogP contribution in [0.15, 0.2) is 47.4 Å². The first-order valence-corrected chi connectivity index (χ1v) is 8.64. The molecule has 0 unspecified atom stereocenters. The molecule has 6 heteroatoms. The van der Waals surface area contributed by atoms with Gasteiger partial charge in [-0.1, -0.05) is 35.3 Å². The van der Waals surface area contributed by atoms with Gasteiger partial charge >= 0.3 is 0 Å². The van der Waals surface area contributed by atoms with E-state index in [0.717, 1.165) is 17.5 Å². The third kappa shape index (κ3) is 2.62. The molecular formula is C19H14Cl2N2O2. The topological polar surface area (TPSA) is 51.1 Å². The summed E-state index contributed by atoms with van der Waals surface area (Å²) >= 11 is 12.0. The molecule has 2 heterocycles. The Morgan fingerprint density at radius 2 is 2.04 bits per heavy atom. The molecule has 25 heavy (non-hydrogen) atoms. The largest absolute Gasteiger partial charge is 0.343 e. The predicted molar refractivity (Wildman–Crippen MR) is 101 cm³/mol. The fourth-order valence-corrected chi connectivity index (χ4v) is 3.81. The second-order valence-corrected chi connectivity index (χ2v) is 7.07. The highest BCUT2D eigenvalue weighted by molar-refractivity contribution is 6.36. The van der Waals surface area contributed by atoms with Gasteiger partial charge in [-0.15, -0.1) is 0 Å². The average Bonchev–Trinajstić information content (AvgIpc) is 2.89. The summed E-state index contributed by atoms with van der Waals surface area (Å²) in [5.74, 6) is -0.482. The molecule has 0 spiro atoms. The lowest BCUT2D eigenvalue weighted by atomic mass is 10.1. The molecule has 2 aromatic carbocycles. The molecule has 3 aromatic rings. The second-order valence-electron chi connectivity index (χ2n) is 6.22. The Bertz CT molecular complexity index is 1090. The number of para-hydroxylation sites is 1. The molecule has 1 amide bonds. The summed E-state index contributed by atoms with van der Waals surface area (Å²) in [6.45, 7) is 2.07. The van der Waals surface area contributed by atoms with E-state index in [-0.39, 0.29) is 17.0 Å². The highest BCUT2D eigenvalue weighted by atomic mass is 35.5. The van der Waals surface area contributed by atoms with E-state index < -0.39 is 5.91 Å². The highest BCUT2D eigenvalue weighted by Gasteiger charge is 2.24. The SMILES string of the molecule is C[C@@H]1Cc2cccc3c(=O)c(C(=O)Nc4ccc(Cl)cc4Cl)cn1c23. The lowest BCUT2D eigenvalue weighted by Crippen LogP contribution is -2.23. The monoisotopic (exact) mass is 372 g/mol. The Kier molecular flexibility index (Phi) is 3.82. The van der Waals surface area contributed by atoms with E-state index in [1.165, 1.54) is 0 Å². The number of carbonyl (C=O) groups is 1. The van der Waals surface area contributed by atoms with Crippen molar-refractivity contribution in [2.24, 2.45) is 0 Å². The van der Waals surface area contributed by atoms with E-state index in [9.17, 15) is 9.59 Å². The van der Waals surface area contributed by atoms with Gasteiger partial charge in [0, 0.05) is 22.6 Å². The fourth-order valence-electron chi connectivity index (χ4n) is 3.36. The van der Waals surface area contributed by atoms with Crippen LogP contribution in [0.2, 0.25) is 10.0 Å². The Morgan fingerprint density at radius 1 is 1.24 bits per heavy atom. The van der Waals surface area contributed by atoms with E-state index >= 15 is 0 Å². The predicted octanol–water partition coefficient (Wildman–Crippen LogP) is 4.68. The number of nitrogens with one attached hydrogen (secondary N) is 1. The molecule has 0 saturated heterocycles. The van der Waals surface area contributed by atoms with Crippen LogP contribution in [0.1, 0.15) is 28.9 Å². The number of amides is 1. The van der Waals surface area contributed by atoms with Crippen LogP contribution >= 0.6 is 23.2 Å². The van der Waals surface area contributed by atoms with Crippen molar-refractivity contribution in [1.82, 2.24) is 4.57 Å². The molecule has 0 radical (unpaired) electrons. The maximum absolute atomic E-state index is 12.8. The minimum Gasteiger partial charge on any atom is -0.343 e. The summed E-state index contributed by atoms with van der Waals surface area (Å²) in [6, 6.07) is 10.6. The van der Waals surface area contributed by atoms with E-state index in [1.807, 2.05) is 16.7 Å². The molecule has 1 atom stereocenters. The van der Waals surface area contributed by atoms with Crippen LogP contribution in [-0.4, -0.2) is 10.5 Å². The molecule has 0 fully saturated rings. The highest BCUT2D eigenvalue weighted by Crippen LogP contribution is 2.31. The van der Waals surface area contributed by atoms with Gasteiger partial charge < -0.3 is 9.88 Å². The van der Waals surface area contributed by atoms with E-state index in [0.29, 0.717) is 21.1 Å². The Balaban J connectivity index is 1.81. The van der Waals surface area contributed by atoms with Crippen molar-refractivity contribution in [2.75, 3.05) is 5.32 Å². The number of pyridine rings is 1. The van der Waals surface area contributed by atoms with Crippen LogP contribution in [0, 0.1) is 0 Å². The lowest BCUT2D eigenvalue weighted by molar-refractivity contribution is 0.102. The molecule has 0 aliphatic carbocycles. The number of rotatable bonds is 2. The molecule has 0 saturated carbocycles. The number of halogens is 2. The Labute approximate surface area is 154 Å². The van der Waals surface area contributed by atoms with Gasteiger partial charge in [-0.05, 0) is 43.2 Å². The normalized spacial score (nSPS) is 15.6. The van der Waals surface area contributed by atoms with Crippen LogP contribution in [0.5, 0.6) is 0 Å². The van der Waals surface area contributed by atoms with Crippen molar-refractivity contribution < 1.29 is 4.79 Å². The summed E-state index contributed by atoms with van der Waals surface area (Å²) in [7, 11) is 0. The number of hydrogen-bond donors (Lipinski definition) is 1. The van der Waals surface area contributed by atoms with Crippen molar-refractivity contribution in [2.45, 2.75) is 19.4 Å². The molecule has 126 valence electrons. The molecule has 0 bridgehead atoms. The van der Waals surface area contributed by atoms with Crippen molar-refractivity contribution in [1.29, 1.82) is 0 Å². The van der Waals surface area contributed by atoms with Crippen LogP contribution in [0.4, 0.5) is 5.69 Å². The molecule has 1 aliphatic rings. The molecule has 4 nitrogen and oxygen atoms in total. The summed E-state index contributed by atoms with van der Waals surface area (Å²) in [5, 5.41) is 4.06. The first-order chi connectivity index (χ1) is 12.0. The smallest absolute Gasteiger partial charge is 0.261 e. The van der Waals surface area contributed by atoms with Crippen LogP contribution < -0.4 is 10.7 Å². The zero-order valence-electron chi connectivity index (χ0n) is 13.3. The number of carbonyl (C=O) groups excluding carboxylic acids is 1. The second kappa shape index (κ2) is 5.90. The zero-order chi connectivity index (χ0) is 17.7. The van der Waals surface area contributed by atoms with Crippen molar-refractivity contribution in [3.05, 3.63) is 74.0 Å². The number of nitrogens with zero attached hydrogens (tertiary/aromatic N) is 1. The summed E-state index contributed by atoms with van der Waals surface area (Å²) in [5.41, 5.74) is 2.30. The number of anilines is 1. The van der Waals surface area contributed by atoms with Gasteiger partial charge in [-0.25, -0.2) is 0 Å². The standard InChI is InChI=1S/C19H14Cl2N2O2/c1-10-7-11-3-2-4-13-17(11)23(10)9-14(18(13)24)19(25)22-16-6-5-12(20)8-15(16)21/h2-6,8-10H,7H2,1H3,(H,22,25)/t10-/m1/s1. The van der Waals surface area contributed by atoms with Gasteiger partial charge in [0.1, 0.15) is 5.56 Å². The van der Waals surface area contributed by atoms with Gasteiger partial charge in [0.2, 0.25) is 5.43 Å². The third-order valence-electron chi connectivity index (χ3n) is 4.55. The van der Waals surface area contributed by atoms with E-state index in [4.69, 9.17) is 23.2 Å². The molecular weight excluding hydrogens is 359 g/mol. The van der Waals surface area contributed by atoms with Crippen LogP contribution in [0.3, 0.4) is 0 Å². The van der Waals surface area contributed by atoms with Gasteiger partial charge in [0.15, 0.2) is 0 Å². The van der Waals surface area contributed by atoms with E-state index in [2.05, 4.69) is 12.2 Å². The fraction of sp³-hybridized carbons (Fsp3) is 0.158. The van der Waals surface area contributed by atoms with Crippen LogP contribution in [0.25, 0.3) is 10.9 Å². The van der Waals surface area contributed by atoms with Crippen molar-refractivity contribution >= 4 is 45.7 Å². The Hall–Kier alpha value is -2.30. The average molecular weight is 373 g/mol. The van der Waals surface area contributed by atoms with Gasteiger partial charge in [-0.3, -0.25) is 9.59 Å². The third-order valence-corrected chi connectivity index (χ3v) is 5.10. The number of aromatic nitrogens is 1. The van der Waals surface area contributed by atoms with Gasteiger partial charge in [0.25, 0.3) is 5.91 Å². The zero-order valence-corrected chi connectivity index (χ0v) is 14.9. The van der Waals surface area contributed by atoms with Crippen molar-refractivity contribution in [3.63, 3.8) is 0 Å². The quantitative estimate of drug-likeness (QED) is 0.709. The minimum absolute atomic E-state index is 0.101. The summed E-state index contributed by atoms with van der Waals surface area (Å²) < 4.78 is 2.00. The maximum Gasteiger partial charge on any atom is 0.261 e. The molecule has 4 rings (SSSR count). The summed E-state index contributed by atoms with van der Waals surface area (Å²) in [6.07, 6.45) is 2.50. The van der Waals surface area contributed by atoms with Gasteiger partial charge in [0.05, 0.1) is 16.2 Å². The van der Waals surface area contributed by atoms with Crippen LogP contribution in [-0.2, 0) is 6.42 Å². The first kappa shape index (κ1) is 16.2. The van der Waals surface area contributed by atoms with Gasteiger partial charge in [-0.2, -0.15) is 0 Å². The minimum atomic E-state index is -0.482. The summed E-state index contributed by atoms with van der Waals surface area (Å²) in [4.78, 5) is 25.5. The lowest BCUT2D eigenvalue weighted by Gasteiger charge is -2.13. The van der Waals surface area contributed by atoms with E-state index in [1.54, 1.807) is 30.5 Å². The maximum atomic E-state index is 12.8.